The number of carbonyl (C=O) groups excluding carboxylic acids is 1. The van der Waals surface area contributed by atoms with Crippen LogP contribution in [0, 0.1) is 0 Å². The topological polar surface area (TPSA) is 65.4 Å². The van der Waals surface area contributed by atoms with Gasteiger partial charge in [0.25, 0.3) is 0 Å². The van der Waals surface area contributed by atoms with E-state index >= 15 is 0 Å². The lowest BCUT2D eigenvalue weighted by Crippen LogP contribution is -2.31. The van der Waals surface area contributed by atoms with Gasteiger partial charge in [-0.25, -0.2) is 0 Å². The summed E-state index contributed by atoms with van der Waals surface area (Å²) in [6.07, 6.45) is -2.92. The number of aromatic nitrogens is 2. The zero-order valence-corrected chi connectivity index (χ0v) is 15.8. The van der Waals surface area contributed by atoms with E-state index in [9.17, 15) is 18.0 Å². The molecule has 1 aromatic carbocycles. The third-order valence-electron chi connectivity index (χ3n) is 4.67. The summed E-state index contributed by atoms with van der Waals surface area (Å²) in [6, 6.07) is 5.82. The van der Waals surface area contributed by atoms with E-state index in [1.165, 1.54) is 14.2 Å². The van der Waals surface area contributed by atoms with Crippen LogP contribution in [0.5, 0.6) is 11.5 Å². The molecule has 1 amide bonds. The third kappa shape index (κ3) is 4.40. The van der Waals surface area contributed by atoms with Crippen molar-refractivity contribution in [1.29, 1.82) is 0 Å². The van der Waals surface area contributed by atoms with Crippen LogP contribution >= 0.6 is 0 Å². The fourth-order valence-corrected chi connectivity index (χ4v) is 3.08. The molecule has 0 saturated heterocycles. The Hall–Kier alpha value is -2.71. The van der Waals surface area contributed by atoms with Crippen molar-refractivity contribution in [1.82, 2.24) is 15.1 Å². The molecule has 1 aromatic heterocycles. The van der Waals surface area contributed by atoms with Gasteiger partial charge in [0.1, 0.15) is 18.0 Å². The first-order chi connectivity index (χ1) is 13.2. The molecule has 28 heavy (non-hydrogen) atoms. The van der Waals surface area contributed by atoms with Gasteiger partial charge in [0.05, 0.1) is 20.3 Å². The van der Waals surface area contributed by atoms with E-state index in [4.69, 9.17) is 9.47 Å². The number of rotatable bonds is 7. The Morgan fingerprint density at radius 3 is 2.57 bits per heavy atom. The van der Waals surface area contributed by atoms with Gasteiger partial charge in [-0.15, -0.1) is 0 Å². The first-order valence-corrected chi connectivity index (χ1v) is 8.89. The molecule has 0 aliphatic heterocycles. The molecule has 1 heterocycles. The summed E-state index contributed by atoms with van der Waals surface area (Å²) in [4.78, 5) is 12.5. The summed E-state index contributed by atoms with van der Waals surface area (Å²) >= 11 is 0. The van der Waals surface area contributed by atoms with Crippen molar-refractivity contribution < 1.29 is 27.4 Å². The van der Waals surface area contributed by atoms with Gasteiger partial charge in [0.2, 0.25) is 5.91 Å². The quantitative estimate of drug-likeness (QED) is 0.774. The third-order valence-corrected chi connectivity index (χ3v) is 4.67. The first-order valence-electron chi connectivity index (χ1n) is 8.89. The lowest BCUT2D eigenvalue weighted by molar-refractivity contribution is -0.141. The highest BCUT2D eigenvalue weighted by Crippen LogP contribution is 2.42. The highest BCUT2D eigenvalue weighted by molar-refractivity contribution is 5.76. The number of nitrogens with zero attached hydrogens (tertiary/aromatic N) is 2. The van der Waals surface area contributed by atoms with Crippen molar-refractivity contribution in [3.05, 3.63) is 41.2 Å². The van der Waals surface area contributed by atoms with Crippen LogP contribution in [0.2, 0.25) is 0 Å². The van der Waals surface area contributed by atoms with Crippen LogP contribution in [0.4, 0.5) is 13.2 Å². The van der Waals surface area contributed by atoms with Gasteiger partial charge in [0.15, 0.2) is 5.69 Å². The minimum atomic E-state index is -4.54. The zero-order chi connectivity index (χ0) is 20.5. The maximum Gasteiger partial charge on any atom is 0.435 e. The van der Waals surface area contributed by atoms with Crippen molar-refractivity contribution in [2.75, 3.05) is 14.2 Å². The number of amides is 1. The van der Waals surface area contributed by atoms with Crippen LogP contribution in [-0.4, -0.2) is 29.9 Å². The second kappa shape index (κ2) is 7.73. The second-order valence-corrected chi connectivity index (χ2v) is 6.78. The van der Waals surface area contributed by atoms with Gasteiger partial charge < -0.3 is 14.8 Å². The van der Waals surface area contributed by atoms with Crippen LogP contribution < -0.4 is 14.8 Å². The number of hydrogen-bond acceptors (Lipinski definition) is 4. The molecule has 1 atom stereocenters. The standard InChI is InChI=1S/C19H22F3N3O3/c1-11(14-8-13(27-2)6-7-16(14)28-3)23-18(26)10-25-15(12-4-5-12)9-17(24-25)19(20,21)22/h6-9,11-12H,4-5,10H2,1-3H3,(H,23,26). The van der Waals surface area contributed by atoms with Crippen LogP contribution in [0.1, 0.15) is 48.7 Å². The second-order valence-electron chi connectivity index (χ2n) is 6.78. The molecule has 1 saturated carbocycles. The molecule has 1 aliphatic rings. The SMILES string of the molecule is COc1ccc(OC)c(C(C)NC(=O)Cn2nc(C(F)(F)F)cc2C2CC2)c1. The van der Waals surface area contributed by atoms with E-state index in [0.29, 0.717) is 22.8 Å². The van der Waals surface area contributed by atoms with E-state index in [0.717, 1.165) is 23.6 Å². The number of hydrogen-bond donors (Lipinski definition) is 1. The Morgan fingerprint density at radius 2 is 2.00 bits per heavy atom. The summed E-state index contributed by atoms with van der Waals surface area (Å²) in [7, 11) is 3.05. The van der Waals surface area contributed by atoms with Crippen molar-refractivity contribution in [3.63, 3.8) is 0 Å². The summed E-state index contributed by atoms with van der Waals surface area (Å²) in [5.74, 6) is 0.781. The Kier molecular flexibility index (Phi) is 5.53. The van der Waals surface area contributed by atoms with Gasteiger partial charge >= 0.3 is 6.18 Å². The van der Waals surface area contributed by atoms with E-state index in [2.05, 4.69) is 10.4 Å². The van der Waals surface area contributed by atoms with E-state index in [-0.39, 0.29) is 12.5 Å². The normalized spacial score (nSPS) is 15.2. The van der Waals surface area contributed by atoms with Gasteiger partial charge in [-0.05, 0) is 44.0 Å². The van der Waals surface area contributed by atoms with E-state index < -0.39 is 23.8 Å². The van der Waals surface area contributed by atoms with Gasteiger partial charge in [-0.1, -0.05) is 0 Å². The molecular weight excluding hydrogens is 375 g/mol. The lowest BCUT2D eigenvalue weighted by atomic mass is 10.1. The molecule has 1 unspecified atom stereocenters. The fourth-order valence-electron chi connectivity index (χ4n) is 3.08. The smallest absolute Gasteiger partial charge is 0.435 e. The first kappa shape index (κ1) is 20.0. The van der Waals surface area contributed by atoms with E-state index in [1.54, 1.807) is 25.1 Å². The number of carbonyl (C=O) groups is 1. The molecule has 0 spiro atoms. The predicted octanol–water partition coefficient (Wildman–Crippen LogP) is 3.67. The molecule has 1 fully saturated rings. The fraction of sp³-hybridized carbons (Fsp3) is 0.474. The number of alkyl halides is 3. The molecule has 1 aliphatic carbocycles. The Bertz CT molecular complexity index is 860. The molecule has 3 rings (SSSR count). The van der Waals surface area contributed by atoms with Crippen molar-refractivity contribution in [2.45, 2.75) is 44.4 Å². The number of methoxy groups -OCH3 is 2. The number of benzene rings is 1. The molecule has 6 nitrogen and oxygen atoms in total. The van der Waals surface area contributed by atoms with Crippen molar-refractivity contribution in [3.8, 4) is 11.5 Å². The van der Waals surface area contributed by atoms with Crippen LogP contribution in [0.25, 0.3) is 0 Å². The molecule has 152 valence electrons. The monoisotopic (exact) mass is 397 g/mol. The molecule has 2 aromatic rings. The average molecular weight is 397 g/mol. The zero-order valence-electron chi connectivity index (χ0n) is 15.8. The van der Waals surface area contributed by atoms with Crippen molar-refractivity contribution >= 4 is 5.91 Å². The summed E-state index contributed by atoms with van der Waals surface area (Å²) in [5, 5.41) is 6.40. The van der Waals surface area contributed by atoms with Gasteiger partial charge in [0, 0.05) is 17.2 Å². The molecule has 0 bridgehead atoms. The number of halogens is 3. The molecule has 1 N–H and O–H groups in total. The minimum Gasteiger partial charge on any atom is -0.497 e. The maximum absolute atomic E-state index is 13.0. The molecule has 0 radical (unpaired) electrons. The minimum absolute atomic E-state index is 0.0345. The Labute approximate surface area is 160 Å². The largest absolute Gasteiger partial charge is 0.497 e. The average Bonchev–Trinajstić information content (AvgIpc) is 3.40. The highest BCUT2D eigenvalue weighted by atomic mass is 19.4. The van der Waals surface area contributed by atoms with Crippen LogP contribution in [0.15, 0.2) is 24.3 Å². The highest BCUT2D eigenvalue weighted by Gasteiger charge is 2.38. The van der Waals surface area contributed by atoms with Gasteiger partial charge in [-0.2, -0.15) is 18.3 Å². The summed E-state index contributed by atoms with van der Waals surface area (Å²) < 4.78 is 50.6. The summed E-state index contributed by atoms with van der Waals surface area (Å²) in [5.41, 5.74) is 0.188. The predicted molar refractivity (Wildman–Crippen MR) is 95.3 cm³/mol. The van der Waals surface area contributed by atoms with Crippen molar-refractivity contribution in [2.24, 2.45) is 0 Å². The Morgan fingerprint density at radius 1 is 1.29 bits per heavy atom. The molecular formula is C19H22F3N3O3. The van der Waals surface area contributed by atoms with E-state index in [1.807, 2.05) is 0 Å². The Balaban J connectivity index is 1.75. The number of ether oxygens (including phenoxy) is 2. The van der Waals surface area contributed by atoms with Crippen LogP contribution in [0.3, 0.4) is 0 Å². The molecule has 9 heteroatoms. The van der Waals surface area contributed by atoms with Crippen LogP contribution in [-0.2, 0) is 17.5 Å². The summed E-state index contributed by atoms with van der Waals surface area (Å²) in [6.45, 7) is 1.49. The maximum atomic E-state index is 13.0. The number of nitrogens with one attached hydrogen (secondary N) is 1. The van der Waals surface area contributed by atoms with Gasteiger partial charge in [-0.3, -0.25) is 9.48 Å². The lowest BCUT2D eigenvalue weighted by Gasteiger charge is -2.18.